The molecule has 6 nitrogen and oxygen atoms in total. The standard InChI is InChI=1S/C34H36ClN3O3/c1-3-5-21-36(34(40)26-15-19-28(20-16-26)41-23-6-4-2)24-32(39)38-30-11-8-7-10-29(30)37-22-9-12-31(37)33(38)25-13-17-27(35)18-14-25/h7-20,22,33H,3-6,21,23-24H2,1-2H3. The lowest BCUT2D eigenvalue weighted by Gasteiger charge is -2.39. The molecule has 5 rings (SSSR count). The average molecular weight is 570 g/mol. The van der Waals surface area contributed by atoms with Crippen molar-refractivity contribution in [3.8, 4) is 11.4 Å². The molecule has 7 heteroatoms. The van der Waals surface area contributed by atoms with Crippen molar-refractivity contribution in [2.75, 3.05) is 24.6 Å². The van der Waals surface area contributed by atoms with E-state index in [1.54, 1.807) is 17.0 Å². The van der Waals surface area contributed by atoms with Gasteiger partial charge in [0.25, 0.3) is 5.91 Å². The zero-order chi connectivity index (χ0) is 28.8. The van der Waals surface area contributed by atoms with Gasteiger partial charge < -0.3 is 14.2 Å². The average Bonchev–Trinajstić information content (AvgIpc) is 3.49. The third kappa shape index (κ3) is 6.18. The number of fused-ring (bicyclic) bond motifs is 3. The lowest BCUT2D eigenvalue weighted by atomic mass is 9.97. The van der Waals surface area contributed by atoms with Gasteiger partial charge in [0, 0.05) is 23.3 Å². The van der Waals surface area contributed by atoms with Gasteiger partial charge in [0.2, 0.25) is 5.91 Å². The van der Waals surface area contributed by atoms with Crippen LogP contribution in [0.1, 0.15) is 67.2 Å². The van der Waals surface area contributed by atoms with E-state index in [0.717, 1.165) is 54.1 Å². The Balaban J connectivity index is 1.46. The molecule has 1 aliphatic heterocycles. The predicted molar refractivity (Wildman–Crippen MR) is 164 cm³/mol. The highest BCUT2D eigenvalue weighted by Crippen LogP contribution is 2.42. The number of halogens is 1. The Bertz CT molecular complexity index is 1480. The molecule has 1 aliphatic rings. The molecule has 0 saturated carbocycles. The van der Waals surface area contributed by atoms with E-state index in [2.05, 4.69) is 18.4 Å². The van der Waals surface area contributed by atoms with Crippen molar-refractivity contribution in [3.05, 3.63) is 113 Å². The number of amides is 2. The lowest BCUT2D eigenvalue weighted by Crippen LogP contribution is -2.47. The van der Waals surface area contributed by atoms with E-state index in [0.29, 0.717) is 23.7 Å². The van der Waals surface area contributed by atoms with Crippen LogP contribution in [0.3, 0.4) is 0 Å². The van der Waals surface area contributed by atoms with Crippen LogP contribution in [0.4, 0.5) is 5.69 Å². The van der Waals surface area contributed by atoms with Crippen LogP contribution in [0.15, 0.2) is 91.1 Å². The van der Waals surface area contributed by atoms with E-state index in [1.165, 1.54) is 0 Å². The van der Waals surface area contributed by atoms with Crippen LogP contribution >= 0.6 is 11.6 Å². The zero-order valence-corrected chi connectivity index (χ0v) is 24.4. The topological polar surface area (TPSA) is 54.8 Å². The maximum absolute atomic E-state index is 14.3. The van der Waals surface area contributed by atoms with Crippen molar-refractivity contribution < 1.29 is 14.3 Å². The first-order chi connectivity index (χ1) is 20.0. The van der Waals surface area contributed by atoms with Crippen LogP contribution in [0, 0.1) is 0 Å². The second kappa shape index (κ2) is 13.1. The first kappa shape index (κ1) is 28.5. The molecule has 2 amide bonds. The fraction of sp³-hybridized carbons (Fsp3) is 0.294. The van der Waals surface area contributed by atoms with Gasteiger partial charge in [0.05, 0.1) is 23.7 Å². The third-order valence-electron chi connectivity index (χ3n) is 7.44. The molecule has 2 heterocycles. The molecule has 0 radical (unpaired) electrons. The molecular formula is C34H36ClN3O3. The van der Waals surface area contributed by atoms with Gasteiger partial charge in [-0.05, 0) is 79.1 Å². The SMILES string of the molecule is CCCCOc1ccc(C(=O)N(CCCC)CC(=O)N2c3ccccc3-n3cccc3C2c2ccc(Cl)cc2)cc1. The van der Waals surface area contributed by atoms with E-state index in [-0.39, 0.29) is 24.4 Å². The Kier molecular flexibility index (Phi) is 9.10. The smallest absolute Gasteiger partial charge is 0.254 e. The molecule has 0 saturated heterocycles. The van der Waals surface area contributed by atoms with Crippen LogP contribution in [-0.2, 0) is 4.79 Å². The van der Waals surface area contributed by atoms with Crippen molar-refractivity contribution in [3.63, 3.8) is 0 Å². The molecule has 0 N–H and O–H groups in total. The fourth-order valence-corrected chi connectivity index (χ4v) is 5.40. The van der Waals surface area contributed by atoms with Gasteiger partial charge in [-0.3, -0.25) is 14.5 Å². The summed E-state index contributed by atoms with van der Waals surface area (Å²) in [6.07, 6.45) is 5.77. The highest BCUT2D eigenvalue weighted by atomic mass is 35.5. The molecular weight excluding hydrogens is 534 g/mol. The molecule has 1 unspecified atom stereocenters. The number of rotatable bonds is 11. The molecule has 0 fully saturated rings. The van der Waals surface area contributed by atoms with Crippen LogP contribution in [0.25, 0.3) is 5.69 Å². The number of unbranched alkanes of at least 4 members (excludes halogenated alkanes) is 2. The van der Waals surface area contributed by atoms with E-state index in [4.69, 9.17) is 16.3 Å². The fourth-order valence-electron chi connectivity index (χ4n) is 5.27. The van der Waals surface area contributed by atoms with Crippen molar-refractivity contribution in [1.82, 2.24) is 9.47 Å². The Morgan fingerprint density at radius 1 is 0.854 bits per heavy atom. The first-order valence-electron chi connectivity index (χ1n) is 14.4. The van der Waals surface area contributed by atoms with Crippen molar-refractivity contribution in [1.29, 1.82) is 0 Å². The molecule has 0 aliphatic carbocycles. The number of carbonyl (C=O) groups is 2. The Morgan fingerprint density at radius 3 is 2.27 bits per heavy atom. The number of hydrogen-bond donors (Lipinski definition) is 0. The summed E-state index contributed by atoms with van der Waals surface area (Å²) in [4.78, 5) is 31.6. The third-order valence-corrected chi connectivity index (χ3v) is 7.69. The van der Waals surface area contributed by atoms with Gasteiger partial charge in [0.1, 0.15) is 18.3 Å². The van der Waals surface area contributed by atoms with E-state index in [9.17, 15) is 9.59 Å². The minimum absolute atomic E-state index is 0.0350. The van der Waals surface area contributed by atoms with Gasteiger partial charge in [-0.2, -0.15) is 0 Å². The Hall–Kier alpha value is -4.03. The summed E-state index contributed by atoms with van der Waals surface area (Å²) in [7, 11) is 0. The van der Waals surface area contributed by atoms with Crippen LogP contribution in [0.5, 0.6) is 5.75 Å². The van der Waals surface area contributed by atoms with Gasteiger partial charge in [-0.15, -0.1) is 0 Å². The normalized spacial score (nSPS) is 13.8. The Morgan fingerprint density at radius 2 is 1.56 bits per heavy atom. The highest BCUT2D eigenvalue weighted by Gasteiger charge is 2.37. The summed E-state index contributed by atoms with van der Waals surface area (Å²) < 4.78 is 7.90. The summed E-state index contributed by atoms with van der Waals surface area (Å²) in [5, 5.41) is 0.635. The van der Waals surface area contributed by atoms with E-state index < -0.39 is 0 Å². The second-order valence-corrected chi connectivity index (χ2v) is 10.8. The molecule has 1 atom stereocenters. The van der Waals surface area contributed by atoms with Crippen LogP contribution in [0.2, 0.25) is 5.02 Å². The van der Waals surface area contributed by atoms with Gasteiger partial charge in [0.15, 0.2) is 0 Å². The summed E-state index contributed by atoms with van der Waals surface area (Å²) in [5.41, 5.74) is 4.19. The first-order valence-corrected chi connectivity index (χ1v) is 14.8. The Labute approximate surface area is 247 Å². The van der Waals surface area contributed by atoms with Crippen molar-refractivity contribution in [2.45, 2.75) is 45.6 Å². The number of carbonyl (C=O) groups excluding carboxylic acids is 2. The van der Waals surface area contributed by atoms with Crippen LogP contribution in [-0.4, -0.2) is 41.0 Å². The number of para-hydroxylation sites is 2. The number of benzene rings is 3. The predicted octanol–water partition coefficient (Wildman–Crippen LogP) is 7.69. The number of aromatic nitrogens is 1. The quantitative estimate of drug-likeness (QED) is 0.174. The molecule has 1 aromatic heterocycles. The number of anilines is 1. The van der Waals surface area contributed by atoms with E-state index >= 15 is 0 Å². The summed E-state index contributed by atoms with van der Waals surface area (Å²) in [6, 6.07) is 26.4. The zero-order valence-electron chi connectivity index (χ0n) is 23.6. The maximum Gasteiger partial charge on any atom is 0.254 e. The number of ether oxygens (including phenoxy) is 1. The molecule has 4 aromatic rings. The maximum atomic E-state index is 14.3. The largest absolute Gasteiger partial charge is 0.494 e. The minimum Gasteiger partial charge on any atom is -0.494 e. The summed E-state index contributed by atoms with van der Waals surface area (Å²) >= 11 is 6.22. The number of nitrogens with zero attached hydrogens (tertiary/aromatic N) is 3. The molecule has 41 heavy (non-hydrogen) atoms. The molecule has 0 spiro atoms. The summed E-state index contributed by atoms with van der Waals surface area (Å²) in [5.74, 6) is 0.433. The minimum atomic E-state index is -0.368. The van der Waals surface area contributed by atoms with Gasteiger partial charge in [-0.1, -0.05) is 62.6 Å². The highest BCUT2D eigenvalue weighted by molar-refractivity contribution is 6.30. The lowest BCUT2D eigenvalue weighted by molar-refractivity contribution is -0.119. The van der Waals surface area contributed by atoms with E-state index in [1.807, 2.05) is 83.9 Å². The summed E-state index contributed by atoms with van der Waals surface area (Å²) in [6.45, 7) is 5.31. The molecule has 0 bridgehead atoms. The van der Waals surface area contributed by atoms with Gasteiger partial charge >= 0.3 is 0 Å². The van der Waals surface area contributed by atoms with Crippen molar-refractivity contribution in [2.24, 2.45) is 0 Å². The number of hydrogen-bond acceptors (Lipinski definition) is 3. The van der Waals surface area contributed by atoms with Crippen molar-refractivity contribution >= 4 is 29.1 Å². The molecule has 212 valence electrons. The second-order valence-electron chi connectivity index (χ2n) is 10.3. The monoisotopic (exact) mass is 569 g/mol. The van der Waals surface area contributed by atoms with Crippen LogP contribution < -0.4 is 9.64 Å². The van der Waals surface area contributed by atoms with Gasteiger partial charge in [-0.25, -0.2) is 0 Å². The molecule has 3 aromatic carbocycles.